The summed E-state index contributed by atoms with van der Waals surface area (Å²) in [5.41, 5.74) is 7.24. The lowest BCUT2D eigenvalue weighted by atomic mass is 10.1. The van der Waals surface area contributed by atoms with Crippen LogP contribution in [0.2, 0.25) is 0 Å². The van der Waals surface area contributed by atoms with Gasteiger partial charge in [0, 0.05) is 0 Å². The number of benzene rings is 2. The highest BCUT2D eigenvalue weighted by molar-refractivity contribution is 8.00. The van der Waals surface area contributed by atoms with Crippen LogP contribution in [0.5, 0.6) is 0 Å². The van der Waals surface area contributed by atoms with Gasteiger partial charge in [0.25, 0.3) is 5.56 Å². The summed E-state index contributed by atoms with van der Waals surface area (Å²) >= 11 is 1.09. The molecular formula is C22H24N4O3S. The third kappa shape index (κ3) is 4.88. The van der Waals surface area contributed by atoms with E-state index in [1.807, 2.05) is 24.3 Å². The number of fused-ring (bicyclic) bond motifs is 1. The fourth-order valence-corrected chi connectivity index (χ4v) is 3.97. The van der Waals surface area contributed by atoms with Gasteiger partial charge in [0.05, 0.1) is 21.8 Å². The lowest BCUT2D eigenvalue weighted by Gasteiger charge is -2.16. The number of primary amides is 1. The van der Waals surface area contributed by atoms with E-state index in [4.69, 9.17) is 5.73 Å². The van der Waals surface area contributed by atoms with Gasteiger partial charge in [-0.2, -0.15) is 0 Å². The molecule has 0 bridgehead atoms. The molecule has 8 heteroatoms. The predicted octanol–water partition coefficient (Wildman–Crippen LogP) is 3.40. The number of hydrogen-bond acceptors (Lipinski definition) is 5. The van der Waals surface area contributed by atoms with E-state index in [0.717, 1.165) is 31.0 Å². The van der Waals surface area contributed by atoms with Crippen LogP contribution in [0.4, 0.5) is 4.79 Å². The smallest absolute Gasteiger partial charge is 0.318 e. The highest BCUT2D eigenvalue weighted by Gasteiger charge is 2.21. The molecule has 0 saturated heterocycles. The minimum Gasteiger partial charge on any atom is -0.351 e. The molecule has 30 heavy (non-hydrogen) atoms. The van der Waals surface area contributed by atoms with Crippen LogP contribution < -0.4 is 16.6 Å². The van der Waals surface area contributed by atoms with E-state index in [0.29, 0.717) is 21.7 Å². The molecule has 0 aliphatic heterocycles. The lowest BCUT2D eigenvalue weighted by Crippen LogP contribution is -2.39. The molecule has 0 radical (unpaired) electrons. The first-order valence-corrected chi connectivity index (χ1v) is 10.7. The number of amides is 3. The van der Waals surface area contributed by atoms with Crippen molar-refractivity contribution in [3.63, 3.8) is 0 Å². The Morgan fingerprint density at radius 1 is 1.17 bits per heavy atom. The number of urea groups is 1. The van der Waals surface area contributed by atoms with Crippen LogP contribution in [0, 0.1) is 0 Å². The summed E-state index contributed by atoms with van der Waals surface area (Å²) in [5, 5.41) is 2.24. The molecule has 156 valence electrons. The molecule has 0 spiro atoms. The Morgan fingerprint density at radius 3 is 2.53 bits per heavy atom. The molecule has 1 aromatic heterocycles. The van der Waals surface area contributed by atoms with Gasteiger partial charge in [-0.3, -0.25) is 19.5 Å². The van der Waals surface area contributed by atoms with Crippen LogP contribution >= 0.6 is 11.8 Å². The summed E-state index contributed by atoms with van der Waals surface area (Å²) in [5.74, 6) is -0.545. The van der Waals surface area contributed by atoms with E-state index in [2.05, 4.69) is 17.2 Å². The fraction of sp³-hybridized carbons (Fsp3) is 0.273. The molecule has 3 rings (SSSR count). The molecule has 1 heterocycles. The molecule has 0 aliphatic carbocycles. The maximum Gasteiger partial charge on any atom is 0.318 e. The Labute approximate surface area is 178 Å². The van der Waals surface area contributed by atoms with Gasteiger partial charge in [-0.1, -0.05) is 49.4 Å². The van der Waals surface area contributed by atoms with Gasteiger partial charge >= 0.3 is 6.03 Å². The standard InChI is InChI=1S/C22H24N4O3S/c1-3-4-7-15-10-12-16(13-11-15)26-20(28)17-8-5-6-9-18(17)24-22(26)30-14(2)19(27)25-21(23)29/h5-6,8-14H,3-4,7H2,1-2H3,(H3,23,25,27,29). The van der Waals surface area contributed by atoms with Crippen molar-refractivity contribution in [2.24, 2.45) is 5.73 Å². The van der Waals surface area contributed by atoms with Crippen LogP contribution in [0.15, 0.2) is 58.5 Å². The SMILES string of the molecule is CCCCc1ccc(-n2c(SC(C)C(=O)NC(N)=O)nc3ccccc3c2=O)cc1. The number of unbranched alkanes of at least 4 members (excludes halogenated alkanes) is 1. The summed E-state index contributed by atoms with van der Waals surface area (Å²) in [6.07, 6.45) is 3.19. The number of aryl methyl sites for hydroxylation is 1. The van der Waals surface area contributed by atoms with Crippen molar-refractivity contribution in [1.29, 1.82) is 0 Å². The molecule has 0 fully saturated rings. The van der Waals surface area contributed by atoms with Crippen LogP contribution in [0.25, 0.3) is 16.6 Å². The van der Waals surface area contributed by atoms with E-state index in [1.165, 1.54) is 10.1 Å². The van der Waals surface area contributed by atoms with Crippen LogP contribution in [-0.4, -0.2) is 26.7 Å². The molecule has 1 unspecified atom stereocenters. The molecule has 0 saturated carbocycles. The van der Waals surface area contributed by atoms with Crippen molar-refractivity contribution in [2.45, 2.75) is 43.5 Å². The van der Waals surface area contributed by atoms with E-state index in [1.54, 1.807) is 31.2 Å². The second-order valence-electron chi connectivity index (χ2n) is 6.94. The van der Waals surface area contributed by atoms with Gasteiger partial charge in [0.2, 0.25) is 5.91 Å². The predicted molar refractivity (Wildman–Crippen MR) is 119 cm³/mol. The summed E-state index contributed by atoms with van der Waals surface area (Å²) in [7, 11) is 0. The molecule has 7 nitrogen and oxygen atoms in total. The maximum atomic E-state index is 13.3. The number of imide groups is 1. The average molecular weight is 425 g/mol. The van der Waals surface area contributed by atoms with Crippen molar-refractivity contribution >= 4 is 34.6 Å². The van der Waals surface area contributed by atoms with Crippen molar-refractivity contribution in [3.05, 3.63) is 64.4 Å². The van der Waals surface area contributed by atoms with Crippen molar-refractivity contribution < 1.29 is 9.59 Å². The second-order valence-corrected chi connectivity index (χ2v) is 8.24. The monoisotopic (exact) mass is 424 g/mol. The van der Waals surface area contributed by atoms with E-state index < -0.39 is 17.2 Å². The number of rotatable bonds is 7. The Morgan fingerprint density at radius 2 is 1.87 bits per heavy atom. The van der Waals surface area contributed by atoms with Gasteiger partial charge < -0.3 is 5.73 Å². The molecule has 3 N–H and O–H groups in total. The highest BCUT2D eigenvalue weighted by atomic mass is 32.2. The normalized spacial score (nSPS) is 11.9. The Bertz CT molecular complexity index is 1130. The first-order chi connectivity index (χ1) is 14.4. The number of hydrogen-bond donors (Lipinski definition) is 2. The average Bonchev–Trinajstić information content (AvgIpc) is 2.72. The summed E-state index contributed by atoms with van der Waals surface area (Å²) in [6, 6.07) is 14.0. The van der Waals surface area contributed by atoms with Gasteiger partial charge in [0.1, 0.15) is 0 Å². The third-order valence-electron chi connectivity index (χ3n) is 4.66. The Hall–Kier alpha value is -3.13. The quantitative estimate of drug-likeness (QED) is 0.446. The van der Waals surface area contributed by atoms with E-state index >= 15 is 0 Å². The van der Waals surface area contributed by atoms with Crippen molar-refractivity contribution in [2.75, 3.05) is 0 Å². The summed E-state index contributed by atoms with van der Waals surface area (Å²) in [4.78, 5) is 41.0. The molecule has 3 aromatic rings. The van der Waals surface area contributed by atoms with Crippen LogP contribution in [0.1, 0.15) is 32.3 Å². The Kier molecular flexibility index (Phi) is 6.89. The Balaban J connectivity index is 2.06. The number of carbonyl (C=O) groups is 2. The van der Waals surface area contributed by atoms with Crippen LogP contribution in [0.3, 0.4) is 0 Å². The molecule has 2 aromatic carbocycles. The van der Waals surface area contributed by atoms with E-state index in [-0.39, 0.29) is 5.56 Å². The fourth-order valence-electron chi connectivity index (χ4n) is 3.05. The summed E-state index contributed by atoms with van der Waals surface area (Å²) < 4.78 is 1.50. The molecule has 1 atom stereocenters. The highest BCUT2D eigenvalue weighted by Crippen LogP contribution is 2.25. The number of aromatic nitrogens is 2. The number of para-hydroxylation sites is 1. The third-order valence-corrected chi connectivity index (χ3v) is 5.71. The zero-order valence-corrected chi connectivity index (χ0v) is 17.7. The zero-order chi connectivity index (χ0) is 21.7. The van der Waals surface area contributed by atoms with Gasteiger partial charge in [-0.15, -0.1) is 0 Å². The summed E-state index contributed by atoms with van der Waals surface area (Å²) in [6.45, 7) is 3.77. The first-order valence-electron chi connectivity index (χ1n) is 9.78. The number of carbonyl (C=O) groups excluding carboxylic acids is 2. The van der Waals surface area contributed by atoms with Crippen molar-refractivity contribution in [3.8, 4) is 5.69 Å². The van der Waals surface area contributed by atoms with Crippen molar-refractivity contribution in [1.82, 2.24) is 14.9 Å². The minimum absolute atomic E-state index is 0.216. The number of nitrogens with zero attached hydrogens (tertiary/aromatic N) is 2. The molecule has 3 amide bonds. The van der Waals surface area contributed by atoms with Gasteiger partial charge in [0.15, 0.2) is 5.16 Å². The lowest BCUT2D eigenvalue weighted by molar-refractivity contribution is -0.119. The van der Waals surface area contributed by atoms with Gasteiger partial charge in [-0.05, 0) is 49.6 Å². The van der Waals surface area contributed by atoms with Gasteiger partial charge in [-0.25, -0.2) is 9.78 Å². The van der Waals surface area contributed by atoms with E-state index in [9.17, 15) is 14.4 Å². The topological polar surface area (TPSA) is 107 Å². The first kappa shape index (κ1) is 21.6. The molecule has 0 aliphatic rings. The number of nitrogens with two attached hydrogens (primary N) is 1. The number of thioether (sulfide) groups is 1. The minimum atomic E-state index is -0.918. The zero-order valence-electron chi connectivity index (χ0n) is 16.9. The maximum absolute atomic E-state index is 13.3. The largest absolute Gasteiger partial charge is 0.351 e. The second kappa shape index (κ2) is 9.58. The molecular weight excluding hydrogens is 400 g/mol. The van der Waals surface area contributed by atoms with Crippen LogP contribution in [-0.2, 0) is 11.2 Å². The number of nitrogens with one attached hydrogen (secondary N) is 1.